The Kier molecular flexibility index (Phi) is 9.02. The number of phenols is 9. The first-order valence-corrected chi connectivity index (χ1v) is 12.9. The maximum Gasteiger partial charge on any atom is 0.343 e. The lowest BCUT2D eigenvalue weighted by Gasteiger charge is -2.13. The van der Waals surface area contributed by atoms with Gasteiger partial charge < -0.3 is 64.9 Å². The fourth-order valence-electron chi connectivity index (χ4n) is 3.78. The predicted octanol–water partition coefficient (Wildman–Crippen LogP) is 2.87. The number of carbonyl (C=O) groups is 4. The van der Waals surface area contributed by atoms with Gasteiger partial charge in [0, 0.05) is 0 Å². The summed E-state index contributed by atoms with van der Waals surface area (Å²) in [6, 6.07) is 5.91. The molecule has 0 saturated heterocycles. The average Bonchev–Trinajstić information content (AvgIpc) is 3.01. The number of hydrogen-bond acceptors (Lipinski definition) is 17. The number of esters is 4. The van der Waals surface area contributed by atoms with Gasteiger partial charge in [-0.15, -0.1) is 0 Å². The third kappa shape index (κ3) is 6.88. The molecule has 0 aliphatic rings. The summed E-state index contributed by atoms with van der Waals surface area (Å²) in [5, 5.41) is 89.4. The Balaban J connectivity index is 1.60. The summed E-state index contributed by atoms with van der Waals surface area (Å²) in [6.45, 7) is 1.48. The lowest BCUT2D eigenvalue weighted by Crippen LogP contribution is -2.13. The van der Waals surface area contributed by atoms with Gasteiger partial charge in [0.25, 0.3) is 0 Å². The lowest BCUT2D eigenvalue weighted by molar-refractivity contribution is 0.0523. The van der Waals surface area contributed by atoms with Crippen LogP contribution < -0.4 is 14.2 Å². The van der Waals surface area contributed by atoms with Crippen molar-refractivity contribution in [3.63, 3.8) is 0 Å². The number of rotatable bonds is 8. The van der Waals surface area contributed by atoms with Crippen molar-refractivity contribution < 1.29 is 84.1 Å². The number of ether oxygens (including phenoxy) is 4. The van der Waals surface area contributed by atoms with Crippen molar-refractivity contribution in [3.8, 4) is 69.0 Å². The minimum absolute atomic E-state index is 0.0311. The Morgan fingerprint density at radius 2 is 0.681 bits per heavy atom. The average molecular weight is 654 g/mol. The molecular formula is C30H22O17. The third-order valence-electron chi connectivity index (χ3n) is 6.06. The highest BCUT2D eigenvalue weighted by Crippen LogP contribution is 2.42. The number of carbonyl (C=O) groups excluding carboxylic acids is 4. The fourth-order valence-corrected chi connectivity index (χ4v) is 3.78. The molecule has 0 heterocycles. The van der Waals surface area contributed by atoms with E-state index in [2.05, 4.69) is 0 Å². The Bertz CT molecular complexity index is 1920. The van der Waals surface area contributed by atoms with E-state index in [0.29, 0.717) is 36.4 Å². The number of phenolic OH excluding ortho intramolecular Hbond substituents is 9. The van der Waals surface area contributed by atoms with Crippen molar-refractivity contribution in [2.75, 3.05) is 6.61 Å². The van der Waals surface area contributed by atoms with E-state index in [4.69, 9.17) is 18.9 Å². The van der Waals surface area contributed by atoms with E-state index in [-0.39, 0.29) is 12.2 Å². The van der Waals surface area contributed by atoms with Crippen LogP contribution in [0.2, 0.25) is 0 Å². The summed E-state index contributed by atoms with van der Waals surface area (Å²) in [5.41, 5.74) is -2.03. The Morgan fingerprint density at radius 1 is 0.426 bits per heavy atom. The highest BCUT2D eigenvalue weighted by Gasteiger charge is 2.25. The summed E-state index contributed by atoms with van der Waals surface area (Å²) >= 11 is 0. The van der Waals surface area contributed by atoms with E-state index in [0.717, 1.165) is 12.1 Å². The zero-order valence-electron chi connectivity index (χ0n) is 23.6. The standard InChI is InChI=1S/C30H22O17/c1-2-44-27(40)12-5-17(33)24(37)20(8-12)46-29(42)14-7-19(35)26(39)22(10-14)47-30(43)13-6-18(34)25(38)21(9-13)45-28(41)11-3-15(31)23(36)16(32)4-11/h3-10,31-39H,2H2,1H3. The summed E-state index contributed by atoms with van der Waals surface area (Å²) in [4.78, 5) is 50.3. The molecule has 0 radical (unpaired) electrons. The van der Waals surface area contributed by atoms with Gasteiger partial charge in [-0.1, -0.05) is 0 Å². The normalized spacial score (nSPS) is 10.6. The van der Waals surface area contributed by atoms with Gasteiger partial charge in [0.2, 0.25) is 17.2 Å². The van der Waals surface area contributed by atoms with Crippen molar-refractivity contribution in [2.24, 2.45) is 0 Å². The van der Waals surface area contributed by atoms with Crippen LogP contribution in [0.25, 0.3) is 0 Å². The van der Waals surface area contributed by atoms with Gasteiger partial charge >= 0.3 is 23.9 Å². The molecule has 0 aliphatic heterocycles. The van der Waals surface area contributed by atoms with Gasteiger partial charge in [-0.05, 0) is 55.5 Å². The van der Waals surface area contributed by atoms with E-state index in [1.54, 1.807) is 0 Å². The van der Waals surface area contributed by atoms with Crippen LogP contribution in [0.1, 0.15) is 48.4 Å². The summed E-state index contributed by atoms with van der Waals surface area (Å²) < 4.78 is 19.8. The second-order valence-corrected chi connectivity index (χ2v) is 9.28. The second kappa shape index (κ2) is 12.9. The van der Waals surface area contributed by atoms with E-state index in [9.17, 15) is 65.1 Å². The SMILES string of the molecule is CCOC(=O)c1cc(O)c(O)c(OC(=O)c2cc(O)c(O)c(OC(=O)c3cc(O)c(O)c(OC(=O)c4cc(O)c(O)c(O)c4)c3)c2)c1. The van der Waals surface area contributed by atoms with Gasteiger partial charge in [-0.2, -0.15) is 0 Å². The van der Waals surface area contributed by atoms with Gasteiger partial charge in [-0.3, -0.25) is 0 Å². The molecule has 0 aliphatic carbocycles. The van der Waals surface area contributed by atoms with E-state index in [1.165, 1.54) is 6.92 Å². The molecule has 0 spiro atoms. The molecule has 47 heavy (non-hydrogen) atoms. The summed E-state index contributed by atoms with van der Waals surface area (Å²) in [5.74, 6) is -16.0. The van der Waals surface area contributed by atoms with Gasteiger partial charge in [-0.25, -0.2) is 19.2 Å². The number of hydrogen-bond donors (Lipinski definition) is 9. The minimum Gasteiger partial charge on any atom is -0.504 e. The van der Waals surface area contributed by atoms with Crippen molar-refractivity contribution in [1.82, 2.24) is 0 Å². The first-order chi connectivity index (χ1) is 22.1. The van der Waals surface area contributed by atoms with Crippen LogP contribution in [0.5, 0.6) is 69.0 Å². The van der Waals surface area contributed by atoms with Gasteiger partial charge in [0.15, 0.2) is 51.7 Å². The maximum absolute atomic E-state index is 12.9. The molecule has 9 N–H and O–H groups in total. The van der Waals surface area contributed by atoms with Crippen LogP contribution in [-0.2, 0) is 4.74 Å². The van der Waals surface area contributed by atoms with Crippen LogP contribution in [0.4, 0.5) is 0 Å². The summed E-state index contributed by atoms with van der Waals surface area (Å²) in [7, 11) is 0. The largest absolute Gasteiger partial charge is 0.504 e. The fraction of sp³-hybridized carbons (Fsp3) is 0.0667. The van der Waals surface area contributed by atoms with Crippen LogP contribution in [0, 0.1) is 0 Å². The predicted molar refractivity (Wildman–Crippen MR) is 152 cm³/mol. The lowest BCUT2D eigenvalue weighted by atomic mass is 10.1. The zero-order valence-corrected chi connectivity index (χ0v) is 23.6. The first-order valence-electron chi connectivity index (χ1n) is 12.9. The van der Waals surface area contributed by atoms with Crippen LogP contribution in [0.15, 0.2) is 48.5 Å². The minimum atomic E-state index is -1.41. The molecule has 0 amide bonds. The maximum atomic E-state index is 12.9. The van der Waals surface area contributed by atoms with Crippen LogP contribution >= 0.6 is 0 Å². The summed E-state index contributed by atoms with van der Waals surface area (Å²) in [6.07, 6.45) is 0. The van der Waals surface area contributed by atoms with Crippen molar-refractivity contribution in [1.29, 1.82) is 0 Å². The van der Waals surface area contributed by atoms with E-state index >= 15 is 0 Å². The quantitative estimate of drug-likeness (QED) is 0.0749. The molecule has 4 rings (SSSR count). The molecule has 0 saturated carbocycles. The monoisotopic (exact) mass is 654 g/mol. The number of benzene rings is 4. The highest BCUT2D eigenvalue weighted by molar-refractivity contribution is 5.97. The molecule has 4 aromatic rings. The zero-order chi connectivity index (χ0) is 34.7. The molecule has 17 nitrogen and oxygen atoms in total. The Labute approximate surface area is 261 Å². The molecule has 0 unspecified atom stereocenters. The van der Waals surface area contributed by atoms with Crippen LogP contribution in [0.3, 0.4) is 0 Å². The molecular weight excluding hydrogens is 632 g/mol. The molecule has 0 fully saturated rings. The highest BCUT2D eigenvalue weighted by atomic mass is 16.6. The molecule has 0 bridgehead atoms. The Morgan fingerprint density at radius 3 is 0.979 bits per heavy atom. The van der Waals surface area contributed by atoms with E-state index < -0.39 is 110 Å². The van der Waals surface area contributed by atoms with E-state index in [1.807, 2.05) is 0 Å². The smallest absolute Gasteiger partial charge is 0.343 e. The molecule has 0 atom stereocenters. The Hall–Kier alpha value is -7.04. The van der Waals surface area contributed by atoms with Crippen LogP contribution in [-0.4, -0.2) is 76.4 Å². The topological polar surface area (TPSA) is 287 Å². The molecule has 17 heteroatoms. The van der Waals surface area contributed by atoms with Gasteiger partial charge in [0.05, 0.1) is 28.9 Å². The van der Waals surface area contributed by atoms with Crippen molar-refractivity contribution in [3.05, 3.63) is 70.8 Å². The van der Waals surface area contributed by atoms with Gasteiger partial charge in [0.1, 0.15) is 0 Å². The first kappa shape index (κ1) is 32.9. The van der Waals surface area contributed by atoms with Crippen molar-refractivity contribution in [2.45, 2.75) is 6.92 Å². The molecule has 4 aromatic carbocycles. The van der Waals surface area contributed by atoms with Crippen molar-refractivity contribution >= 4 is 23.9 Å². The molecule has 244 valence electrons. The molecule has 0 aromatic heterocycles. The number of aromatic hydroxyl groups is 9. The third-order valence-corrected chi connectivity index (χ3v) is 6.06. The second-order valence-electron chi connectivity index (χ2n) is 9.28.